The summed E-state index contributed by atoms with van der Waals surface area (Å²) >= 11 is 7.69. The predicted octanol–water partition coefficient (Wildman–Crippen LogP) is 5.09. The number of ether oxygens (including phenoxy) is 1. The van der Waals surface area contributed by atoms with Crippen molar-refractivity contribution in [3.8, 4) is 11.3 Å². The van der Waals surface area contributed by atoms with Gasteiger partial charge in [0.15, 0.2) is 0 Å². The van der Waals surface area contributed by atoms with E-state index in [-0.39, 0.29) is 5.97 Å². The summed E-state index contributed by atoms with van der Waals surface area (Å²) in [6.45, 7) is 0. The van der Waals surface area contributed by atoms with Crippen molar-refractivity contribution in [2.45, 2.75) is 6.42 Å². The van der Waals surface area contributed by atoms with Gasteiger partial charge in [0.2, 0.25) is 0 Å². The molecule has 0 saturated heterocycles. The smallest absolute Gasteiger partial charge is 0.339 e. The Kier molecular flexibility index (Phi) is 4.49. The van der Waals surface area contributed by atoms with Crippen molar-refractivity contribution in [2.75, 3.05) is 7.11 Å². The van der Waals surface area contributed by atoms with E-state index in [1.807, 2.05) is 34.7 Å². The van der Waals surface area contributed by atoms with Crippen LogP contribution in [-0.2, 0) is 11.2 Å². The number of halogens is 1. The van der Waals surface area contributed by atoms with Crippen molar-refractivity contribution in [1.29, 1.82) is 0 Å². The van der Waals surface area contributed by atoms with Crippen LogP contribution in [0.4, 0.5) is 0 Å². The number of benzene rings is 1. The van der Waals surface area contributed by atoms with Crippen LogP contribution in [-0.4, -0.2) is 22.5 Å². The number of esters is 1. The Labute approximate surface area is 159 Å². The topological polar surface area (TPSA) is 43.6 Å². The van der Waals surface area contributed by atoms with E-state index in [1.54, 1.807) is 23.6 Å². The van der Waals surface area contributed by atoms with Crippen LogP contribution in [0.1, 0.15) is 21.6 Å². The summed E-state index contributed by atoms with van der Waals surface area (Å²) in [5, 5.41) is 4.86. The lowest BCUT2D eigenvalue weighted by Crippen LogP contribution is -2.04. The van der Waals surface area contributed by atoms with E-state index < -0.39 is 0 Å². The number of hydrogen-bond acceptors (Lipinski definition) is 4. The van der Waals surface area contributed by atoms with Gasteiger partial charge in [0.1, 0.15) is 5.65 Å². The molecular formula is C20H15ClN2O2S. The van der Waals surface area contributed by atoms with Gasteiger partial charge in [-0.05, 0) is 46.7 Å². The van der Waals surface area contributed by atoms with Gasteiger partial charge in [0, 0.05) is 23.2 Å². The number of imidazole rings is 1. The summed E-state index contributed by atoms with van der Waals surface area (Å²) in [4.78, 5) is 16.7. The van der Waals surface area contributed by atoms with Crippen molar-refractivity contribution >= 4 is 34.6 Å². The molecule has 0 radical (unpaired) electrons. The van der Waals surface area contributed by atoms with E-state index in [0.717, 1.165) is 22.6 Å². The first-order valence-electron chi connectivity index (χ1n) is 8.02. The number of rotatable bonds is 4. The zero-order valence-corrected chi connectivity index (χ0v) is 15.6. The Morgan fingerprint density at radius 2 is 2.00 bits per heavy atom. The molecule has 0 atom stereocenters. The van der Waals surface area contributed by atoms with Crippen LogP contribution < -0.4 is 0 Å². The third-order valence-corrected chi connectivity index (χ3v) is 5.19. The summed E-state index contributed by atoms with van der Waals surface area (Å²) in [6, 6.07) is 13.3. The first-order chi connectivity index (χ1) is 12.7. The molecule has 26 heavy (non-hydrogen) atoms. The van der Waals surface area contributed by atoms with Gasteiger partial charge < -0.3 is 9.14 Å². The molecule has 1 aromatic carbocycles. The number of carbonyl (C=O) groups is 1. The predicted molar refractivity (Wildman–Crippen MR) is 104 cm³/mol. The molecule has 0 saturated carbocycles. The van der Waals surface area contributed by atoms with Crippen molar-refractivity contribution in [3.05, 3.63) is 81.3 Å². The first kappa shape index (κ1) is 16.8. The first-order valence-corrected chi connectivity index (χ1v) is 9.34. The highest BCUT2D eigenvalue weighted by Gasteiger charge is 2.17. The minimum atomic E-state index is -0.366. The van der Waals surface area contributed by atoms with Crippen LogP contribution in [0.25, 0.3) is 16.9 Å². The minimum absolute atomic E-state index is 0.366. The fraction of sp³-hybridized carbons (Fsp3) is 0.100. The number of methoxy groups -OCH3 is 1. The molecule has 130 valence electrons. The van der Waals surface area contributed by atoms with Gasteiger partial charge in [-0.3, -0.25) is 0 Å². The highest BCUT2D eigenvalue weighted by Crippen LogP contribution is 2.28. The number of fused-ring (bicyclic) bond motifs is 1. The molecule has 0 unspecified atom stereocenters. The fourth-order valence-corrected chi connectivity index (χ4v) is 3.72. The van der Waals surface area contributed by atoms with E-state index >= 15 is 0 Å². The molecule has 4 nitrogen and oxygen atoms in total. The summed E-state index contributed by atoms with van der Waals surface area (Å²) < 4.78 is 6.82. The van der Waals surface area contributed by atoms with Gasteiger partial charge in [0.05, 0.1) is 24.1 Å². The maximum absolute atomic E-state index is 11.9. The molecule has 3 aromatic heterocycles. The molecule has 0 fully saturated rings. The Morgan fingerprint density at radius 1 is 1.19 bits per heavy atom. The molecule has 0 bridgehead atoms. The van der Waals surface area contributed by atoms with Gasteiger partial charge in [0.25, 0.3) is 0 Å². The molecule has 0 aliphatic rings. The molecule has 0 spiro atoms. The van der Waals surface area contributed by atoms with E-state index in [4.69, 9.17) is 21.3 Å². The van der Waals surface area contributed by atoms with Gasteiger partial charge in [-0.2, -0.15) is 11.3 Å². The number of pyridine rings is 1. The van der Waals surface area contributed by atoms with Crippen LogP contribution in [0.5, 0.6) is 0 Å². The molecule has 4 rings (SSSR count). The minimum Gasteiger partial charge on any atom is -0.465 e. The lowest BCUT2D eigenvalue weighted by atomic mass is 10.1. The summed E-state index contributed by atoms with van der Waals surface area (Å²) in [7, 11) is 1.38. The Morgan fingerprint density at radius 3 is 2.69 bits per heavy atom. The highest BCUT2D eigenvalue weighted by atomic mass is 35.5. The average molecular weight is 383 g/mol. The van der Waals surface area contributed by atoms with Gasteiger partial charge >= 0.3 is 5.97 Å². The van der Waals surface area contributed by atoms with Crippen LogP contribution in [0.3, 0.4) is 0 Å². The number of aromatic nitrogens is 2. The zero-order chi connectivity index (χ0) is 18.1. The van der Waals surface area contributed by atoms with Crippen molar-refractivity contribution in [3.63, 3.8) is 0 Å². The number of thiophene rings is 1. The molecule has 0 aliphatic heterocycles. The second-order valence-electron chi connectivity index (χ2n) is 5.86. The molecule has 3 heterocycles. The quantitative estimate of drug-likeness (QED) is 0.461. The molecular weight excluding hydrogens is 368 g/mol. The number of nitrogens with zero attached hydrogens (tertiary/aromatic N) is 2. The Balaban J connectivity index is 1.91. The normalized spacial score (nSPS) is 11.0. The molecule has 6 heteroatoms. The van der Waals surface area contributed by atoms with Crippen LogP contribution in [0, 0.1) is 0 Å². The van der Waals surface area contributed by atoms with Gasteiger partial charge in [-0.25, -0.2) is 9.78 Å². The maximum atomic E-state index is 11.9. The Bertz CT molecular complexity index is 1070. The molecule has 0 amide bonds. The summed E-state index contributed by atoms with van der Waals surface area (Å²) in [5.74, 6) is -0.366. The summed E-state index contributed by atoms with van der Waals surface area (Å²) in [6.07, 6.45) is 2.50. The maximum Gasteiger partial charge on any atom is 0.339 e. The van der Waals surface area contributed by atoms with Crippen LogP contribution in [0.15, 0.2) is 59.4 Å². The average Bonchev–Trinajstić information content (AvgIpc) is 3.30. The number of carbonyl (C=O) groups excluding carboxylic acids is 1. The van der Waals surface area contributed by atoms with E-state index in [0.29, 0.717) is 17.0 Å². The van der Waals surface area contributed by atoms with Crippen LogP contribution in [0.2, 0.25) is 5.02 Å². The van der Waals surface area contributed by atoms with E-state index in [9.17, 15) is 4.79 Å². The van der Waals surface area contributed by atoms with E-state index in [2.05, 4.69) is 16.8 Å². The zero-order valence-electron chi connectivity index (χ0n) is 14.0. The Hall–Kier alpha value is -2.63. The second-order valence-corrected chi connectivity index (χ2v) is 7.08. The summed E-state index contributed by atoms with van der Waals surface area (Å²) in [5.41, 5.74) is 5.37. The van der Waals surface area contributed by atoms with E-state index in [1.165, 1.54) is 12.7 Å². The van der Waals surface area contributed by atoms with Gasteiger partial charge in [-0.15, -0.1) is 0 Å². The molecule has 0 aliphatic carbocycles. The van der Waals surface area contributed by atoms with Crippen molar-refractivity contribution in [2.24, 2.45) is 0 Å². The standard InChI is InChI=1S/C20H15ClN2O2S/c1-25-20(24)15-4-7-18-22-19(14-2-5-16(21)6-3-14)17(23(18)11-15)10-13-8-9-26-12-13/h2-9,11-12H,10H2,1H3. The van der Waals surface area contributed by atoms with Crippen LogP contribution >= 0.6 is 22.9 Å². The van der Waals surface area contributed by atoms with Crippen molar-refractivity contribution < 1.29 is 9.53 Å². The van der Waals surface area contributed by atoms with Gasteiger partial charge in [-0.1, -0.05) is 23.7 Å². The third kappa shape index (κ3) is 3.11. The fourth-order valence-electron chi connectivity index (χ4n) is 2.93. The SMILES string of the molecule is COC(=O)c1ccc2nc(-c3ccc(Cl)cc3)c(Cc3ccsc3)n2c1. The number of hydrogen-bond donors (Lipinski definition) is 0. The largest absolute Gasteiger partial charge is 0.465 e. The monoisotopic (exact) mass is 382 g/mol. The molecule has 0 N–H and O–H groups in total. The molecule has 4 aromatic rings. The second kappa shape index (κ2) is 6.94. The lowest BCUT2D eigenvalue weighted by molar-refractivity contribution is 0.0600. The van der Waals surface area contributed by atoms with Crippen molar-refractivity contribution in [1.82, 2.24) is 9.38 Å². The highest BCUT2D eigenvalue weighted by molar-refractivity contribution is 7.07. The third-order valence-electron chi connectivity index (χ3n) is 4.21. The lowest BCUT2D eigenvalue weighted by Gasteiger charge is -2.06.